The van der Waals surface area contributed by atoms with Crippen LogP contribution < -0.4 is 20.7 Å². The molecule has 0 saturated carbocycles. The Morgan fingerprint density at radius 1 is 1.32 bits per heavy atom. The maximum atomic E-state index is 11.4. The molecule has 1 aliphatic heterocycles. The van der Waals surface area contributed by atoms with Crippen molar-refractivity contribution in [2.24, 2.45) is 4.99 Å². The predicted molar refractivity (Wildman–Crippen MR) is 116 cm³/mol. The topological polar surface area (TPSA) is 74.8 Å². The Morgan fingerprint density at radius 2 is 2.18 bits per heavy atom. The molecule has 1 unspecified atom stereocenters. The third kappa shape index (κ3) is 5.73. The molecule has 0 saturated heterocycles. The van der Waals surface area contributed by atoms with Crippen LogP contribution in [-0.4, -0.2) is 38.1 Å². The van der Waals surface area contributed by atoms with Crippen LogP contribution in [-0.2, 0) is 17.6 Å². The number of thiophene rings is 1. The van der Waals surface area contributed by atoms with Gasteiger partial charge in [0, 0.05) is 41.4 Å². The highest BCUT2D eigenvalue weighted by Crippen LogP contribution is 2.26. The zero-order valence-corrected chi connectivity index (χ0v) is 17.5. The second-order valence-electron chi connectivity index (χ2n) is 6.98. The summed E-state index contributed by atoms with van der Waals surface area (Å²) in [6.07, 6.45) is 2.26. The number of rotatable bonds is 7. The molecule has 1 amide bonds. The Morgan fingerprint density at radius 3 is 2.93 bits per heavy atom. The van der Waals surface area contributed by atoms with E-state index < -0.39 is 0 Å². The molecule has 3 N–H and O–H groups in total. The summed E-state index contributed by atoms with van der Waals surface area (Å²) in [6.45, 7) is 5.47. The van der Waals surface area contributed by atoms with Gasteiger partial charge in [0.1, 0.15) is 12.4 Å². The number of ether oxygens (including phenoxy) is 1. The maximum Gasteiger partial charge on any atom is 0.224 e. The number of carbonyl (C=O) groups is 1. The summed E-state index contributed by atoms with van der Waals surface area (Å²) in [7, 11) is 1.77. The molecule has 1 aromatic carbocycles. The van der Waals surface area contributed by atoms with E-state index in [0.717, 1.165) is 35.8 Å². The fraction of sp³-hybridized carbons (Fsp3) is 0.429. The van der Waals surface area contributed by atoms with Gasteiger partial charge < -0.3 is 20.7 Å². The van der Waals surface area contributed by atoms with Gasteiger partial charge in [-0.2, -0.15) is 0 Å². The molecule has 0 radical (unpaired) electrons. The number of aryl methyl sites for hydroxylation is 2. The van der Waals surface area contributed by atoms with E-state index in [1.54, 1.807) is 7.05 Å². The molecule has 0 spiro atoms. The van der Waals surface area contributed by atoms with Crippen LogP contribution in [0.4, 0.5) is 5.69 Å². The standard InChI is InChI=1S/C21H28N4O2S/c1-14(12-18-7-4-15(2)28-18)24-21(22-3)23-10-11-27-17-6-8-19-16(13-17)5-9-20(26)25-19/h4,6-8,13-14H,5,9-12H2,1-3H3,(H,25,26)(H2,22,23,24). The highest BCUT2D eigenvalue weighted by atomic mass is 32.1. The number of hydrogen-bond donors (Lipinski definition) is 3. The van der Waals surface area contributed by atoms with Crippen molar-refractivity contribution in [1.82, 2.24) is 10.6 Å². The maximum absolute atomic E-state index is 11.4. The SMILES string of the molecule is CN=C(NCCOc1ccc2c(c1)CCC(=O)N2)NC(C)Cc1ccc(C)s1. The van der Waals surface area contributed by atoms with Crippen LogP contribution in [0, 0.1) is 6.92 Å². The van der Waals surface area contributed by atoms with E-state index in [-0.39, 0.29) is 5.91 Å². The van der Waals surface area contributed by atoms with Gasteiger partial charge >= 0.3 is 0 Å². The van der Waals surface area contributed by atoms with Crippen molar-refractivity contribution in [3.63, 3.8) is 0 Å². The zero-order chi connectivity index (χ0) is 19.9. The quantitative estimate of drug-likeness (QED) is 0.379. The number of nitrogens with one attached hydrogen (secondary N) is 3. The van der Waals surface area contributed by atoms with Crippen molar-refractivity contribution in [1.29, 1.82) is 0 Å². The predicted octanol–water partition coefficient (Wildman–Crippen LogP) is 3.12. The molecule has 150 valence electrons. The monoisotopic (exact) mass is 400 g/mol. The summed E-state index contributed by atoms with van der Waals surface area (Å²) in [5.74, 6) is 1.67. The van der Waals surface area contributed by atoms with Crippen LogP contribution in [0.2, 0.25) is 0 Å². The van der Waals surface area contributed by atoms with Crippen molar-refractivity contribution in [2.45, 2.75) is 39.2 Å². The smallest absolute Gasteiger partial charge is 0.224 e. The molecule has 0 aliphatic carbocycles. The lowest BCUT2D eigenvalue weighted by Crippen LogP contribution is -2.44. The molecule has 7 heteroatoms. The van der Waals surface area contributed by atoms with E-state index in [1.165, 1.54) is 9.75 Å². The van der Waals surface area contributed by atoms with Gasteiger partial charge in [0.05, 0.1) is 6.54 Å². The first-order valence-electron chi connectivity index (χ1n) is 9.61. The molecule has 6 nitrogen and oxygen atoms in total. The first-order valence-corrected chi connectivity index (χ1v) is 10.4. The first-order chi connectivity index (χ1) is 13.5. The molecule has 1 aromatic heterocycles. The number of hydrogen-bond acceptors (Lipinski definition) is 4. The molecular formula is C21H28N4O2S. The van der Waals surface area contributed by atoms with Crippen molar-refractivity contribution in [3.8, 4) is 5.75 Å². The van der Waals surface area contributed by atoms with Crippen LogP contribution >= 0.6 is 11.3 Å². The minimum absolute atomic E-state index is 0.0766. The number of fused-ring (bicyclic) bond motifs is 1. The van der Waals surface area contributed by atoms with Gasteiger partial charge in [0.25, 0.3) is 0 Å². The summed E-state index contributed by atoms with van der Waals surface area (Å²) in [4.78, 5) is 18.4. The van der Waals surface area contributed by atoms with Gasteiger partial charge in [0.2, 0.25) is 5.91 Å². The second kappa shape index (κ2) is 9.59. The van der Waals surface area contributed by atoms with Crippen LogP contribution in [0.15, 0.2) is 35.3 Å². The average Bonchev–Trinajstić information content (AvgIpc) is 3.08. The van der Waals surface area contributed by atoms with Crippen molar-refractivity contribution in [3.05, 3.63) is 45.6 Å². The number of amides is 1. The molecule has 2 heterocycles. The lowest BCUT2D eigenvalue weighted by atomic mass is 10.0. The number of aliphatic imine (C=N–C) groups is 1. The van der Waals surface area contributed by atoms with Gasteiger partial charge in [0.15, 0.2) is 5.96 Å². The largest absolute Gasteiger partial charge is 0.492 e. The molecule has 28 heavy (non-hydrogen) atoms. The minimum Gasteiger partial charge on any atom is -0.492 e. The van der Waals surface area contributed by atoms with Crippen LogP contribution in [0.5, 0.6) is 5.75 Å². The molecular weight excluding hydrogens is 372 g/mol. The number of benzene rings is 1. The fourth-order valence-electron chi connectivity index (χ4n) is 3.16. The van der Waals surface area contributed by atoms with Crippen LogP contribution in [0.3, 0.4) is 0 Å². The fourth-order valence-corrected chi connectivity index (χ4v) is 4.18. The lowest BCUT2D eigenvalue weighted by molar-refractivity contribution is -0.116. The third-order valence-corrected chi connectivity index (χ3v) is 5.57. The Hall–Kier alpha value is -2.54. The van der Waals surface area contributed by atoms with E-state index in [2.05, 4.69) is 46.9 Å². The molecule has 2 aromatic rings. The van der Waals surface area contributed by atoms with E-state index in [4.69, 9.17) is 4.74 Å². The molecule has 0 fully saturated rings. The van der Waals surface area contributed by atoms with E-state index in [1.807, 2.05) is 29.5 Å². The third-order valence-electron chi connectivity index (χ3n) is 4.55. The number of anilines is 1. The lowest BCUT2D eigenvalue weighted by Gasteiger charge is -2.19. The normalized spacial score (nSPS) is 14.8. The van der Waals surface area contributed by atoms with Gasteiger partial charge in [-0.15, -0.1) is 11.3 Å². The van der Waals surface area contributed by atoms with Crippen molar-refractivity contribution in [2.75, 3.05) is 25.5 Å². The summed E-state index contributed by atoms with van der Waals surface area (Å²) in [6, 6.07) is 10.4. The number of nitrogens with zero attached hydrogens (tertiary/aromatic N) is 1. The Kier molecular flexibility index (Phi) is 6.92. The second-order valence-corrected chi connectivity index (χ2v) is 8.35. The van der Waals surface area contributed by atoms with Gasteiger partial charge in [-0.1, -0.05) is 0 Å². The Bertz CT molecular complexity index is 847. The van der Waals surface area contributed by atoms with Crippen molar-refractivity contribution >= 4 is 28.9 Å². The van der Waals surface area contributed by atoms with E-state index >= 15 is 0 Å². The highest BCUT2D eigenvalue weighted by Gasteiger charge is 2.15. The summed E-state index contributed by atoms with van der Waals surface area (Å²) in [5, 5.41) is 9.59. The van der Waals surface area contributed by atoms with E-state index in [9.17, 15) is 4.79 Å². The molecule has 1 atom stereocenters. The molecule has 1 aliphatic rings. The highest BCUT2D eigenvalue weighted by molar-refractivity contribution is 7.11. The average molecular weight is 401 g/mol. The minimum atomic E-state index is 0.0766. The van der Waals surface area contributed by atoms with Gasteiger partial charge in [-0.05, 0) is 56.2 Å². The number of carbonyl (C=O) groups excluding carboxylic acids is 1. The summed E-state index contributed by atoms with van der Waals surface area (Å²) >= 11 is 1.84. The molecule has 0 bridgehead atoms. The van der Waals surface area contributed by atoms with Crippen LogP contribution in [0.25, 0.3) is 0 Å². The zero-order valence-electron chi connectivity index (χ0n) is 16.7. The van der Waals surface area contributed by atoms with Gasteiger partial charge in [-0.25, -0.2) is 0 Å². The Balaban J connectivity index is 1.40. The van der Waals surface area contributed by atoms with Crippen molar-refractivity contribution < 1.29 is 9.53 Å². The Labute approximate surface area is 170 Å². The number of guanidine groups is 1. The van der Waals surface area contributed by atoms with Crippen LogP contribution in [0.1, 0.15) is 28.7 Å². The summed E-state index contributed by atoms with van der Waals surface area (Å²) < 4.78 is 5.84. The first kappa shape index (κ1) is 20.2. The molecule has 3 rings (SSSR count). The summed E-state index contributed by atoms with van der Waals surface area (Å²) in [5.41, 5.74) is 2.02. The van der Waals surface area contributed by atoms with Gasteiger partial charge in [-0.3, -0.25) is 9.79 Å². The van der Waals surface area contributed by atoms with E-state index in [0.29, 0.717) is 25.6 Å².